The van der Waals surface area contributed by atoms with Crippen molar-refractivity contribution in [3.8, 4) is 5.75 Å². The summed E-state index contributed by atoms with van der Waals surface area (Å²) in [6.07, 6.45) is 2.36. The normalized spacial score (nSPS) is 27.6. The number of amides is 3. The van der Waals surface area contributed by atoms with E-state index in [1.807, 2.05) is 24.3 Å². The van der Waals surface area contributed by atoms with Crippen molar-refractivity contribution in [3.05, 3.63) is 29.8 Å². The zero-order chi connectivity index (χ0) is 29.1. The van der Waals surface area contributed by atoms with Gasteiger partial charge in [-0.25, -0.2) is 8.78 Å². The predicted molar refractivity (Wildman–Crippen MR) is 150 cm³/mol. The van der Waals surface area contributed by atoms with E-state index in [1.165, 1.54) is 0 Å². The zero-order valence-electron chi connectivity index (χ0n) is 24.0. The molecule has 1 aromatic rings. The number of ether oxygens (including phenoxy) is 1. The SMILES string of the molecule is CNC(C)C(=O)NC(C(=O)N1CC2CCCN2CC1C(=O)NCC1CCOc2ccccc21)C1CCC(F)(F)CC1. The highest BCUT2D eigenvalue weighted by molar-refractivity contribution is 5.93. The van der Waals surface area contributed by atoms with E-state index in [-0.39, 0.29) is 55.4 Å². The first kappa shape index (κ1) is 29.7. The summed E-state index contributed by atoms with van der Waals surface area (Å²) in [5.41, 5.74) is 1.06. The summed E-state index contributed by atoms with van der Waals surface area (Å²) >= 11 is 0. The fraction of sp³-hybridized carbons (Fsp3) is 0.700. The number of fused-ring (bicyclic) bond motifs is 2. The molecule has 41 heavy (non-hydrogen) atoms. The monoisotopic (exact) mass is 575 g/mol. The molecule has 0 bridgehead atoms. The molecule has 1 aromatic carbocycles. The molecule has 226 valence electrons. The van der Waals surface area contributed by atoms with Crippen molar-refractivity contribution in [2.75, 3.05) is 39.8 Å². The first-order valence-electron chi connectivity index (χ1n) is 15.1. The minimum Gasteiger partial charge on any atom is -0.493 e. The summed E-state index contributed by atoms with van der Waals surface area (Å²) in [5, 5.41) is 8.87. The van der Waals surface area contributed by atoms with Gasteiger partial charge < -0.3 is 25.6 Å². The summed E-state index contributed by atoms with van der Waals surface area (Å²) in [6, 6.07) is 5.75. The molecule has 3 heterocycles. The van der Waals surface area contributed by atoms with Gasteiger partial charge in [-0.1, -0.05) is 18.2 Å². The topological polar surface area (TPSA) is 103 Å². The lowest BCUT2D eigenvalue weighted by Gasteiger charge is -2.45. The highest BCUT2D eigenvalue weighted by Gasteiger charge is 2.47. The van der Waals surface area contributed by atoms with Gasteiger partial charge in [0.15, 0.2) is 0 Å². The quantitative estimate of drug-likeness (QED) is 0.440. The summed E-state index contributed by atoms with van der Waals surface area (Å²) < 4.78 is 33.8. The van der Waals surface area contributed by atoms with Crippen LogP contribution in [0.2, 0.25) is 0 Å². The van der Waals surface area contributed by atoms with Crippen LogP contribution in [-0.4, -0.2) is 97.4 Å². The maximum Gasteiger partial charge on any atom is 0.248 e. The molecule has 9 nitrogen and oxygen atoms in total. The van der Waals surface area contributed by atoms with E-state index in [0.29, 0.717) is 26.2 Å². The minimum atomic E-state index is -2.76. The summed E-state index contributed by atoms with van der Waals surface area (Å²) in [6.45, 7) is 4.37. The van der Waals surface area contributed by atoms with Crippen LogP contribution < -0.4 is 20.7 Å². The van der Waals surface area contributed by atoms with Crippen molar-refractivity contribution in [1.29, 1.82) is 0 Å². The minimum absolute atomic E-state index is 0.107. The lowest BCUT2D eigenvalue weighted by atomic mass is 9.81. The lowest BCUT2D eigenvalue weighted by Crippen LogP contribution is -2.66. The number of hydrogen-bond acceptors (Lipinski definition) is 6. The molecule has 5 atom stereocenters. The van der Waals surface area contributed by atoms with Crippen molar-refractivity contribution in [2.24, 2.45) is 5.92 Å². The van der Waals surface area contributed by atoms with E-state index in [0.717, 1.165) is 37.1 Å². The molecule has 0 radical (unpaired) electrons. The van der Waals surface area contributed by atoms with E-state index in [2.05, 4.69) is 20.9 Å². The molecular formula is C30H43F2N5O4. The van der Waals surface area contributed by atoms with Gasteiger partial charge in [0.25, 0.3) is 0 Å². The molecule has 0 aromatic heterocycles. The zero-order valence-corrected chi connectivity index (χ0v) is 24.0. The number of benzene rings is 1. The van der Waals surface area contributed by atoms with Crippen LogP contribution in [0.4, 0.5) is 8.78 Å². The van der Waals surface area contributed by atoms with E-state index in [1.54, 1.807) is 18.9 Å². The third kappa shape index (κ3) is 6.66. The molecule has 3 fully saturated rings. The van der Waals surface area contributed by atoms with Gasteiger partial charge in [0.05, 0.1) is 12.6 Å². The van der Waals surface area contributed by atoms with Crippen LogP contribution in [0.25, 0.3) is 0 Å². The number of hydrogen-bond donors (Lipinski definition) is 3. The Morgan fingerprint density at radius 1 is 1.10 bits per heavy atom. The standard InChI is InChI=1S/C30H43F2N5O4/c1-19(33-2)27(38)35-26(20-9-12-30(31,32)13-10-20)29(40)37-17-22-6-5-14-36(22)18-24(37)28(39)34-16-21-11-15-41-25-8-4-3-7-23(21)25/h3-4,7-8,19-22,24,26,33H,5-6,9-18H2,1-2H3,(H,34,39)(H,35,38). The van der Waals surface area contributed by atoms with Crippen molar-refractivity contribution in [2.45, 2.75) is 87.9 Å². The van der Waals surface area contributed by atoms with Crippen LogP contribution in [0.5, 0.6) is 5.75 Å². The highest BCUT2D eigenvalue weighted by Crippen LogP contribution is 2.38. The fourth-order valence-corrected chi connectivity index (χ4v) is 6.82. The van der Waals surface area contributed by atoms with Crippen molar-refractivity contribution >= 4 is 17.7 Å². The molecule has 5 unspecified atom stereocenters. The number of nitrogens with one attached hydrogen (secondary N) is 3. The highest BCUT2D eigenvalue weighted by atomic mass is 19.3. The Bertz CT molecular complexity index is 1110. The van der Waals surface area contributed by atoms with Crippen molar-refractivity contribution < 1.29 is 27.9 Å². The maximum absolute atomic E-state index is 14.3. The molecule has 0 spiro atoms. The number of nitrogens with zero attached hydrogens (tertiary/aromatic N) is 2. The number of rotatable bonds is 8. The van der Waals surface area contributed by atoms with E-state index in [4.69, 9.17) is 4.74 Å². The Balaban J connectivity index is 1.34. The molecule has 4 aliphatic rings. The molecule has 1 saturated carbocycles. The molecule has 1 aliphatic carbocycles. The summed E-state index contributed by atoms with van der Waals surface area (Å²) in [4.78, 5) is 44.9. The Morgan fingerprint density at radius 2 is 1.85 bits per heavy atom. The van der Waals surface area contributed by atoms with Gasteiger partial charge in [0.1, 0.15) is 17.8 Å². The Hall–Kier alpha value is -2.79. The first-order chi connectivity index (χ1) is 19.7. The van der Waals surface area contributed by atoms with Gasteiger partial charge in [0, 0.05) is 44.4 Å². The average Bonchev–Trinajstić information content (AvgIpc) is 3.45. The van der Waals surface area contributed by atoms with Crippen LogP contribution in [0.15, 0.2) is 24.3 Å². The largest absolute Gasteiger partial charge is 0.493 e. The van der Waals surface area contributed by atoms with Crippen LogP contribution in [0.1, 0.15) is 63.4 Å². The number of alkyl halides is 2. The van der Waals surface area contributed by atoms with E-state index < -0.39 is 30.0 Å². The molecular weight excluding hydrogens is 532 g/mol. The molecule has 3 amide bonds. The second-order valence-corrected chi connectivity index (χ2v) is 12.1. The molecule has 5 rings (SSSR count). The van der Waals surface area contributed by atoms with Crippen LogP contribution >= 0.6 is 0 Å². The number of carbonyl (C=O) groups excluding carboxylic acids is 3. The van der Waals surface area contributed by atoms with Gasteiger partial charge in [-0.3, -0.25) is 19.3 Å². The number of halogens is 2. The second kappa shape index (κ2) is 12.6. The van der Waals surface area contributed by atoms with Crippen molar-refractivity contribution in [3.63, 3.8) is 0 Å². The molecule has 2 saturated heterocycles. The smallest absolute Gasteiger partial charge is 0.248 e. The number of piperazine rings is 1. The van der Waals surface area contributed by atoms with Gasteiger partial charge in [-0.05, 0) is 70.2 Å². The van der Waals surface area contributed by atoms with Crippen LogP contribution in [0.3, 0.4) is 0 Å². The van der Waals surface area contributed by atoms with Crippen LogP contribution in [-0.2, 0) is 14.4 Å². The molecule has 3 aliphatic heterocycles. The lowest BCUT2D eigenvalue weighted by molar-refractivity contribution is -0.150. The maximum atomic E-state index is 14.3. The summed E-state index contributed by atoms with van der Waals surface area (Å²) in [7, 11) is 1.65. The fourth-order valence-electron chi connectivity index (χ4n) is 6.82. The van der Waals surface area contributed by atoms with Gasteiger partial charge in [-0.15, -0.1) is 0 Å². The van der Waals surface area contributed by atoms with Crippen molar-refractivity contribution in [1.82, 2.24) is 25.8 Å². The number of para-hydroxylation sites is 1. The van der Waals surface area contributed by atoms with Gasteiger partial charge in [-0.2, -0.15) is 0 Å². The third-order valence-electron chi connectivity index (χ3n) is 9.50. The van der Waals surface area contributed by atoms with E-state index in [9.17, 15) is 23.2 Å². The third-order valence-corrected chi connectivity index (χ3v) is 9.50. The van der Waals surface area contributed by atoms with Crippen LogP contribution in [0, 0.1) is 5.92 Å². The Kier molecular flexibility index (Phi) is 9.13. The summed E-state index contributed by atoms with van der Waals surface area (Å²) in [5.74, 6) is -3.17. The predicted octanol–water partition coefficient (Wildman–Crippen LogP) is 2.26. The number of likely N-dealkylation sites (N-methyl/N-ethyl adjacent to an activating group) is 1. The molecule has 11 heteroatoms. The first-order valence-corrected chi connectivity index (χ1v) is 15.1. The van der Waals surface area contributed by atoms with Gasteiger partial charge in [0.2, 0.25) is 23.6 Å². The molecule has 3 N–H and O–H groups in total. The second-order valence-electron chi connectivity index (χ2n) is 12.1. The average molecular weight is 576 g/mol. The van der Waals surface area contributed by atoms with Gasteiger partial charge >= 0.3 is 0 Å². The number of carbonyl (C=O) groups is 3. The Labute approximate surface area is 240 Å². The van der Waals surface area contributed by atoms with E-state index >= 15 is 0 Å². The Morgan fingerprint density at radius 3 is 2.61 bits per heavy atom.